The number of nitrogens with zero attached hydrogens (tertiary/aromatic N) is 2. The minimum absolute atomic E-state index is 0.0111. The summed E-state index contributed by atoms with van der Waals surface area (Å²) in [5, 5.41) is 9.45. The van der Waals surface area contributed by atoms with Crippen LogP contribution in [0.3, 0.4) is 0 Å². The molecule has 0 bridgehead atoms. The van der Waals surface area contributed by atoms with Crippen molar-refractivity contribution >= 4 is 39.1 Å². The number of halogens is 3. The van der Waals surface area contributed by atoms with Crippen molar-refractivity contribution in [2.45, 2.75) is 6.18 Å². The second kappa shape index (κ2) is 9.09. The maximum Gasteiger partial charge on any atom is 0.433 e. The number of furan rings is 1. The van der Waals surface area contributed by atoms with E-state index in [4.69, 9.17) is 14.9 Å². The van der Waals surface area contributed by atoms with E-state index in [0.717, 1.165) is 6.07 Å². The third-order valence-electron chi connectivity index (χ3n) is 5.39. The second-order valence-corrected chi connectivity index (χ2v) is 8.73. The summed E-state index contributed by atoms with van der Waals surface area (Å²) in [4.78, 5) is 28.7. The number of primary amides is 1. The van der Waals surface area contributed by atoms with E-state index in [1.807, 2.05) is 0 Å². The first-order valence-corrected chi connectivity index (χ1v) is 11.4. The molecule has 0 saturated carbocycles. The molecule has 4 N–H and O–H groups in total. The Kier molecular flexibility index (Phi) is 5.91. The summed E-state index contributed by atoms with van der Waals surface area (Å²) in [6.07, 6.45) is -3.47. The Morgan fingerprint density at radius 2 is 1.97 bits per heavy atom. The summed E-state index contributed by atoms with van der Waals surface area (Å²) >= 11 is 0.635. The van der Waals surface area contributed by atoms with E-state index in [9.17, 15) is 22.8 Å². The number of rotatable bonds is 6. The largest absolute Gasteiger partial charge is 0.497 e. The maximum atomic E-state index is 13.6. The van der Waals surface area contributed by atoms with Crippen LogP contribution in [-0.2, 0) is 6.18 Å². The number of amides is 2. The summed E-state index contributed by atoms with van der Waals surface area (Å²) in [6.45, 7) is 0. The molecule has 5 aromatic rings. The lowest BCUT2D eigenvalue weighted by Gasteiger charge is -2.10. The number of hydrogen-bond acceptors (Lipinski definition) is 7. The quantitative estimate of drug-likeness (QED) is 0.273. The number of ether oxygens (including phenoxy) is 1. The van der Waals surface area contributed by atoms with Crippen molar-refractivity contribution < 1.29 is 31.9 Å². The molecule has 188 valence electrons. The molecule has 0 aliphatic heterocycles. The minimum atomic E-state index is -4.76. The average Bonchev–Trinajstić information content (AvgIpc) is 3.63. The van der Waals surface area contributed by atoms with Crippen molar-refractivity contribution in [2.75, 3.05) is 12.4 Å². The summed E-state index contributed by atoms with van der Waals surface area (Å²) in [7, 11) is 1.52. The van der Waals surface area contributed by atoms with Gasteiger partial charge < -0.3 is 20.2 Å². The molecule has 0 unspecified atom stereocenters. The van der Waals surface area contributed by atoms with Crippen LogP contribution in [0.4, 0.5) is 18.9 Å². The number of aromatic nitrogens is 3. The summed E-state index contributed by atoms with van der Waals surface area (Å²) in [6, 6.07) is 12.3. The van der Waals surface area contributed by atoms with E-state index in [-0.39, 0.29) is 37.8 Å². The number of H-pyrrole nitrogens is 1. The number of alkyl halides is 3. The van der Waals surface area contributed by atoms with Gasteiger partial charge in [0, 0.05) is 16.5 Å². The number of pyridine rings is 1. The predicted octanol–water partition coefficient (Wildman–Crippen LogP) is 5.33. The van der Waals surface area contributed by atoms with Gasteiger partial charge in [-0.2, -0.15) is 18.3 Å². The molecular weight excluding hydrogens is 511 g/mol. The zero-order chi connectivity index (χ0) is 26.3. The molecule has 9 nitrogen and oxygen atoms in total. The number of hydrogen-bond donors (Lipinski definition) is 3. The molecule has 0 aliphatic rings. The van der Waals surface area contributed by atoms with E-state index in [1.54, 1.807) is 24.3 Å². The van der Waals surface area contributed by atoms with Crippen LogP contribution in [0.2, 0.25) is 0 Å². The minimum Gasteiger partial charge on any atom is -0.497 e. The maximum absolute atomic E-state index is 13.6. The number of methoxy groups -OCH3 is 1. The molecule has 0 atom stereocenters. The van der Waals surface area contributed by atoms with Crippen LogP contribution in [0.25, 0.3) is 32.8 Å². The second-order valence-electron chi connectivity index (χ2n) is 7.73. The van der Waals surface area contributed by atoms with Crippen LogP contribution in [0.15, 0.2) is 59.2 Å². The molecule has 0 fully saturated rings. The zero-order valence-corrected chi connectivity index (χ0v) is 19.7. The van der Waals surface area contributed by atoms with Gasteiger partial charge in [-0.3, -0.25) is 14.7 Å². The van der Waals surface area contributed by atoms with E-state index >= 15 is 0 Å². The van der Waals surface area contributed by atoms with Gasteiger partial charge >= 0.3 is 6.18 Å². The Hall–Kier alpha value is -4.65. The Morgan fingerprint density at radius 3 is 2.65 bits per heavy atom. The highest BCUT2D eigenvalue weighted by Crippen LogP contribution is 2.43. The van der Waals surface area contributed by atoms with Crippen LogP contribution in [0.1, 0.15) is 25.9 Å². The number of carbonyl (C=O) groups is 2. The van der Waals surface area contributed by atoms with Gasteiger partial charge in [0.1, 0.15) is 32.6 Å². The fourth-order valence-electron chi connectivity index (χ4n) is 3.71. The van der Waals surface area contributed by atoms with Gasteiger partial charge in [0.15, 0.2) is 0 Å². The first kappa shape index (κ1) is 24.1. The van der Waals surface area contributed by atoms with Gasteiger partial charge in [-0.25, -0.2) is 4.98 Å². The molecule has 0 radical (unpaired) electrons. The van der Waals surface area contributed by atoms with E-state index in [2.05, 4.69) is 20.5 Å². The molecule has 0 aliphatic carbocycles. The molecule has 0 spiro atoms. The van der Waals surface area contributed by atoms with E-state index in [0.29, 0.717) is 28.3 Å². The Morgan fingerprint density at radius 1 is 1.16 bits per heavy atom. The van der Waals surface area contributed by atoms with E-state index < -0.39 is 23.7 Å². The number of aromatic amines is 1. The number of fused-ring (bicyclic) bond motifs is 1. The monoisotopic (exact) mass is 527 g/mol. The van der Waals surface area contributed by atoms with Crippen molar-refractivity contribution in [3.63, 3.8) is 0 Å². The average molecular weight is 527 g/mol. The van der Waals surface area contributed by atoms with Gasteiger partial charge in [-0.1, -0.05) is 12.1 Å². The van der Waals surface area contributed by atoms with Crippen molar-refractivity contribution in [3.8, 4) is 28.3 Å². The smallest absolute Gasteiger partial charge is 0.433 e. The van der Waals surface area contributed by atoms with Gasteiger partial charge in [0.25, 0.3) is 11.8 Å². The van der Waals surface area contributed by atoms with Gasteiger partial charge in [0.2, 0.25) is 0 Å². The summed E-state index contributed by atoms with van der Waals surface area (Å²) < 4.78 is 51.2. The van der Waals surface area contributed by atoms with Gasteiger partial charge in [-0.15, -0.1) is 11.3 Å². The Labute approximate surface area is 210 Å². The molecule has 37 heavy (non-hydrogen) atoms. The number of anilines is 1. The van der Waals surface area contributed by atoms with Gasteiger partial charge in [0.05, 0.1) is 24.8 Å². The molecule has 0 saturated heterocycles. The van der Waals surface area contributed by atoms with Crippen molar-refractivity contribution in [1.29, 1.82) is 0 Å². The van der Waals surface area contributed by atoms with Crippen LogP contribution in [0, 0.1) is 0 Å². The van der Waals surface area contributed by atoms with Crippen molar-refractivity contribution in [3.05, 3.63) is 71.1 Å². The number of thiophene rings is 1. The molecule has 2 amide bonds. The summed E-state index contributed by atoms with van der Waals surface area (Å²) in [5.41, 5.74) is 5.39. The number of nitrogens with one attached hydrogen (secondary N) is 2. The Bertz CT molecular complexity index is 1640. The highest BCUT2D eigenvalue weighted by atomic mass is 32.1. The highest BCUT2D eigenvalue weighted by Gasteiger charge is 2.35. The third kappa shape index (κ3) is 4.51. The van der Waals surface area contributed by atoms with Crippen LogP contribution >= 0.6 is 11.3 Å². The molecule has 4 heterocycles. The Balaban J connectivity index is 1.60. The topological polar surface area (TPSA) is 136 Å². The fraction of sp³-hybridized carbons (Fsp3) is 0.0833. The number of benzene rings is 1. The van der Waals surface area contributed by atoms with Crippen molar-refractivity contribution in [2.24, 2.45) is 5.73 Å². The first-order valence-electron chi connectivity index (χ1n) is 10.6. The van der Waals surface area contributed by atoms with Gasteiger partial charge in [-0.05, 0) is 36.4 Å². The van der Waals surface area contributed by atoms with Crippen molar-refractivity contribution in [1.82, 2.24) is 15.2 Å². The van der Waals surface area contributed by atoms with E-state index in [1.165, 1.54) is 31.6 Å². The van der Waals surface area contributed by atoms with Crippen LogP contribution < -0.4 is 15.8 Å². The lowest BCUT2D eigenvalue weighted by atomic mass is 10.1. The van der Waals surface area contributed by atoms with Crippen LogP contribution in [0.5, 0.6) is 5.75 Å². The number of nitrogens with two attached hydrogens (primary N) is 1. The predicted molar refractivity (Wildman–Crippen MR) is 129 cm³/mol. The van der Waals surface area contributed by atoms with Crippen LogP contribution in [-0.4, -0.2) is 34.1 Å². The fourth-order valence-corrected chi connectivity index (χ4v) is 4.72. The molecular formula is C24H16F3N5O4S. The standard InChI is InChI=1S/C24H16F3N5O4S/c1-35-12-5-2-4-11(8-12)14-10-15(32-31-14)22(34)30-19-18-13(16-6-3-7-36-16)9-17(24(25,26)27)29-23(18)37-20(19)21(28)33/h2-10H,1H3,(H2,28,33)(H,30,34)(H,31,32). The molecule has 5 rings (SSSR count). The normalized spacial score (nSPS) is 11.6. The molecule has 1 aromatic carbocycles. The molecule has 4 aromatic heterocycles. The molecule has 13 heteroatoms. The first-order chi connectivity index (χ1) is 17.7. The SMILES string of the molecule is COc1cccc(-c2cc(C(=O)Nc3c(C(N)=O)sc4nc(C(F)(F)F)cc(-c5ccco5)c34)[nH]n2)c1. The highest BCUT2D eigenvalue weighted by molar-refractivity contribution is 7.21. The zero-order valence-electron chi connectivity index (χ0n) is 18.8. The lowest BCUT2D eigenvalue weighted by Crippen LogP contribution is -2.17. The summed E-state index contributed by atoms with van der Waals surface area (Å²) in [5.74, 6) is -0.962. The number of carbonyl (C=O) groups excluding carboxylic acids is 2. The lowest BCUT2D eigenvalue weighted by molar-refractivity contribution is -0.140. The third-order valence-corrected chi connectivity index (χ3v) is 6.49.